The lowest BCUT2D eigenvalue weighted by molar-refractivity contribution is -0.121. The van der Waals surface area contributed by atoms with Crippen LogP contribution in [0.2, 0.25) is 0 Å². The highest BCUT2D eigenvalue weighted by Gasteiger charge is 2.23. The van der Waals surface area contributed by atoms with E-state index < -0.39 is 0 Å². The fraction of sp³-hybridized carbons (Fsp3) is 0.500. The molecule has 0 radical (unpaired) electrons. The normalized spacial score (nSPS) is 14.8. The fourth-order valence-electron chi connectivity index (χ4n) is 1.46. The van der Waals surface area contributed by atoms with Crippen LogP contribution in [0.4, 0.5) is 0 Å². The van der Waals surface area contributed by atoms with Crippen molar-refractivity contribution in [2.24, 2.45) is 0 Å². The first-order valence-electron chi connectivity index (χ1n) is 5.54. The summed E-state index contributed by atoms with van der Waals surface area (Å²) in [6.45, 7) is 1.97. The molecule has 0 saturated heterocycles. The van der Waals surface area contributed by atoms with E-state index in [1.54, 1.807) is 0 Å². The van der Waals surface area contributed by atoms with E-state index in [-0.39, 0.29) is 11.7 Å². The van der Waals surface area contributed by atoms with Crippen LogP contribution in [-0.2, 0) is 4.79 Å². The van der Waals surface area contributed by atoms with Gasteiger partial charge >= 0.3 is 0 Å². The first-order chi connectivity index (χ1) is 7.65. The van der Waals surface area contributed by atoms with Gasteiger partial charge in [-0.1, -0.05) is 0 Å². The minimum Gasteiger partial charge on any atom is -0.353 e. The second-order valence-corrected chi connectivity index (χ2v) is 5.46. The second-order valence-electron chi connectivity index (χ2n) is 4.18. The molecule has 1 aliphatic rings. The van der Waals surface area contributed by atoms with Crippen LogP contribution in [0, 0.1) is 6.92 Å². The zero-order valence-corrected chi connectivity index (χ0v) is 10.1. The molecule has 1 aliphatic carbocycles. The Kier molecular flexibility index (Phi) is 3.39. The van der Waals surface area contributed by atoms with Crippen molar-refractivity contribution in [3.8, 4) is 0 Å². The largest absolute Gasteiger partial charge is 0.353 e. The Morgan fingerprint density at radius 1 is 1.38 bits per heavy atom. The number of carbonyl (C=O) groups excluding carboxylic acids is 2. The van der Waals surface area contributed by atoms with E-state index in [1.165, 1.54) is 11.3 Å². The smallest absolute Gasteiger partial charge is 0.220 e. The van der Waals surface area contributed by atoms with E-state index in [0.29, 0.717) is 18.9 Å². The van der Waals surface area contributed by atoms with Crippen molar-refractivity contribution >= 4 is 23.0 Å². The van der Waals surface area contributed by atoms with Crippen molar-refractivity contribution < 1.29 is 9.59 Å². The standard InChI is InChI=1S/C12H15NO2S/c1-8-2-6-11(16-8)10(14)5-7-12(15)13-9-3-4-9/h2,6,9H,3-5,7H2,1H3,(H,13,15). The molecule has 16 heavy (non-hydrogen) atoms. The zero-order chi connectivity index (χ0) is 11.5. The highest BCUT2D eigenvalue weighted by molar-refractivity contribution is 7.14. The molecule has 4 heteroatoms. The molecule has 1 aromatic heterocycles. The van der Waals surface area contributed by atoms with E-state index in [2.05, 4.69) is 5.32 Å². The number of hydrogen-bond donors (Lipinski definition) is 1. The third-order valence-corrected chi connectivity index (χ3v) is 3.58. The van der Waals surface area contributed by atoms with Crippen LogP contribution >= 0.6 is 11.3 Å². The number of aryl methyl sites for hydroxylation is 1. The Labute approximate surface area is 98.9 Å². The van der Waals surface area contributed by atoms with Crippen LogP contribution < -0.4 is 5.32 Å². The highest BCUT2D eigenvalue weighted by Crippen LogP contribution is 2.20. The summed E-state index contributed by atoms with van der Waals surface area (Å²) in [6, 6.07) is 4.15. The summed E-state index contributed by atoms with van der Waals surface area (Å²) in [7, 11) is 0. The van der Waals surface area contributed by atoms with Crippen molar-refractivity contribution in [1.82, 2.24) is 5.32 Å². The summed E-state index contributed by atoms with van der Waals surface area (Å²) >= 11 is 1.49. The Balaban J connectivity index is 1.76. The minimum absolute atomic E-state index is 0.00382. The topological polar surface area (TPSA) is 46.2 Å². The van der Waals surface area contributed by atoms with E-state index in [1.807, 2.05) is 19.1 Å². The summed E-state index contributed by atoms with van der Waals surface area (Å²) in [5.41, 5.74) is 0. The molecule has 0 bridgehead atoms. The molecule has 1 amide bonds. The number of amides is 1. The Bertz CT molecular complexity index is 407. The number of carbonyl (C=O) groups is 2. The third kappa shape index (κ3) is 3.17. The van der Waals surface area contributed by atoms with Crippen LogP contribution in [0.25, 0.3) is 0 Å². The number of ketones is 1. The van der Waals surface area contributed by atoms with Gasteiger partial charge in [-0.15, -0.1) is 11.3 Å². The summed E-state index contributed by atoms with van der Waals surface area (Å²) < 4.78 is 0. The predicted octanol–water partition coefficient (Wildman–Crippen LogP) is 2.30. The molecule has 0 spiro atoms. The third-order valence-electron chi connectivity index (χ3n) is 2.54. The lowest BCUT2D eigenvalue weighted by Gasteiger charge is -2.01. The molecule has 2 rings (SSSR count). The van der Waals surface area contributed by atoms with Gasteiger partial charge < -0.3 is 5.32 Å². The average molecular weight is 237 g/mol. The van der Waals surface area contributed by atoms with E-state index >= 15 is 0 Å². The molecule has 3 nitrogen and oxygen atoms in total. The maximum atomic E-state index is 11.7. The van der Waals surface area contributed by atoms with Crippen molar-refractivity contribution in [2.45, 2.75) is 38.6 Å². The van der Waals surface area contributed by atoms with Crippen molar-refractivity contribution in [2.75, 3.05) is 0 Å². The number of Topliss-reactive ketones (excluding diaryl/α,β-unsaturated/α-hetero) is 1. The van der Waals surface area contributed by atoms with Crippen LogP contribution in [-0.4, -0.2) is 17.7 Å². The van der Waals surface area contributed by atoms with Gasteiger partial charge in [-0.2, -0.15) is 0 Å². The predicted molar refractivity (Wildman–Crippen MR) is 63.8 cm³/mol. The van der Waals surface area contributed by atoms with Gasteiger partial charge in [0, 0.05) is 23.8 Å². The van der Waals surface area contributed by atoms with Crippen LogP contribution in [0.1, 0.15) is 40.2 Å². The van der Waals surface area contributed by atoms with Crippen molar-refractivity contribution in [3.05, 3.63) is 21.9 Å². The maximum absolute atomic E-state index is 11.7. The van der Waals surface area contributed by atoms with E-state index in [4.69, 9.17) is 0 Å². The second kappa shape index (κ2) is 4.78. The first kappa shape index (κ1) is 11.3. The van der Waals surface area contributed by atoms with Crippen LogP contribution in [0.3, 0.4) is 0 Å². The van der Waals surface area contributed by atoms with Gasteiger partial charge in [-0.05, 0) is 31.9 Å². The summed E-state index contributed by atoms with van der Waals surface area (Å²) in [5, 5.41) is 2.88. The lowest BCUT2D eigenvalue weighted by atomic mass is 10.2. The SMILES string of the molecule is Cc1ccc(C(=O)CCC(=O)NC2CC2)s1. The van der Waals surface area contributed by atoms with Gasteiger partial charge in [0.1, 0.15) is 0 Å². The molecular formula is C12H15NO2S. The van der Waals surface area contributed by atoms with Crippen molar-refractivity contribution in [1.29, 1.82) is 0 Å². The van der Waals surface area contributed by atoms with Crippen LogP contribution in [0.5, 0.6) is 0 Å². The summed E-state index contributed by atoms with van der Waals surface area (Å²) in [4.78, 5) is 25.0. The van der Waals surface area contributed by atoms with Gasteiger partial charge in [-0.25, -0.2) is 0 Å². The van der Waals surface area contributed by atoms with Crippen molar-refractivity contribution in [3.63, 3.8) is 0 Å². The summed E-state index contributed by atoms with van der Waals surface area (Å²) in [6.07, 6.45) is 2.80. The van der Waals surface area contributed by atoms with Gasteiger partial charge in [0.2, 0.25) is 5.91 Å². The maximum Gasteiger partial charge on any atom is 0.220 e. The Hall–Kier alpha value is -1.16. The molecule has 1 heterocycles. The van der Waals surface area contributed by atoms with Gasteiger partial charge in [-0.3, -0.25) is 9.59 Å². The Morgan fingerprint density at radius 2 is 2.12 bits per heavy atom. The van der Waals surface area contributed by atoms with E-state index in [9.17, 15) is 9.59 Å². The number of hydrogen-bond acceptors (Lipinski definition) is 3. The molecule has 0 atom stereocenters. The van der Waals surface area contributed by atoms with Gasteiger partial charge in [0.25, 0.3) is 0 Å². The van der Waals surface area contributed by atoms with E-state index in [0.717, 1.165) is 22.6 Å². The average Bonchev–Trinajstić information content (AvgIpc) is 2.95. The minimum atomic E-state index is 0.00382. The summed E-state index contributed by atoms with van der Waals surface area (Å²) in [5.74, 6) is 0.0770. The lowest BCUT2D eigenvalue weighted by Crippen LogP contribution is -2.25. The quantitative estimate of drug-likeness (QED) is 0.799. The first-order valence-corrected chi connectivity index (χ1v) is 6.36. The Morgan fingerprint density at radius 3 is 2.69 bits per heavy atom. The molecule has 1 N–H and O–H groups in total. The zero-order valence-electron chi connectivity index (χ0n) is 9.29. The van der Waals surface area contributed by atoms with Crippen LogP contribution in [0.15, 0.2) is 12.1 Å². The molecule has 1 fully saturated rings. The molecular weight excluding hydrogens is 222 g/mol. The highest BCUT2D eigenvalue weighted by atomic mass is 32.1. The monoisotopic (exact) mass is 237 g/mol. The number of nitrogens with one attached hydrogen (secondary N) is 1. The fourth-order valence-corrected chi connectivity index (χ4v) is 2.30. The molecule has 0 aromatic carbocycles. The molecule has 0 aliphatic heterocycles. The van der Waals surface area contributed by atoms with Gasteiger partial charge in [0.15, 0.2) is 5.78 Å². The van der Waals surface area contributed by atoms with Gasteiger partial charge in [0.05, 0.1) is 4.88 Å². The number of thiophene rings is 1. The molecule has 1 aromatic rings. The molecule has 0 unspecified atom stereocenters. The number of rotatable bonds is 5. The molecule has 86 valence electrons. The molecule has 1 saturated carbocycles.